The molecule has 0 aromatic carbocycles. The Hall–Kier alpha value is -1.31. The fraction of sp³-hybridized carbons (Fsp3) is 0.100. The van der Waals surface area contributed by atoms with Gasteiger partial charge in [0.2, 0.25) is 0 Å². The van der Waals surface area contributed by atoms with Gasteiger partial charge >= 0.3 is 0 Å². The monoisotopic (exact) mass is 220 g/mol. The van der Waals surface area contributed by atoms with Gasteiger partial charge in [0.15, 0.2) is 0 Å². The first-order valence-corrected chi connectivity index (χ1v) is 5.81. The molecule has 0 amide bonds. The molecule has 2 N–H and O–H groups in total. The zero-order valence-corrected chi connectivity index (χ0v) is 9.21. The van der Waals surface area contributed by atoms with Crippen LogP contribution in [0.3, 0.4) is 0 Å². The van der Waals surface area contributed by atoms with E-state index < -0.39 is 0 Å². The van der Waals surface area contributed by atoms with Crippen LogP contribution >= 0.6 is 22.7 Å². The number of nitrogens with zero attached hydrogens (tertiary/aromatic N) is 1. The molecule has 2 heterocycles. The van der Waals surface area contributed by atoms with Gasteiger partial charge in [-0.3, -0.25) is 0 Å². The summed E-state index contributed by atoms with van der Waals surface area (Å²) in [5.41, 5.74) is 7.02. The minimum Gasteiger partial charge on any atom is -0.397 e. The van der Waals surface area contributed by atoms with E-state index in [9.17, 15) is 0 Å². The molecule has 0 atom stereocenters. The third-order valence-electron chi connectivity index (χ3n) is 2.00. The average molecular weight is 220 g/mol. The number of nitriles is 1. The maximum absolute atomic E-state index is 8.71. The van der Waals surface area contributed by atoms with E-state index in [1.807, 2.05) is 6.07 Å². The molecule has 0 saturated heterocycles. The first-order valence-electron chi connectivity index (χ1n) is 4.05. The van der Waals surface area contributed by atoms with Gasteiger partial charge in [-0.2, -0.15) is 16.6 Å². The molecule has 14 heavy (non-hydrogen) atoms. The molecule has 70 valence electrons. The van der Waals surface area contributed by atoms with Crippen LogP contribution in [-0.2, 0) is 0 Å². The molecule has 0 saturated carbocycles. The van der Waals surface area contributed by atoms with Gasteiger partial charge in [-0.1, -0.05) is 0 Å². The first kappa shape index (κ1) is 9.25. The summed E-state index contributed by atoms with van der Waals surface area (Å²) < 4.78 is 1.23. The lowest BCUT2D eigenvalue weighted by Crippen LogP contribution is -1.96. The molecular weight excluding hydrogens is 212 g/mol. The van der Waals surface area contributed by atoms with Crippen molar-refractivity contribution in [2.24, 2.45) is 5.73 Å². The minimum absolute atomic E-state index is 0.581. The van der Waals surface area contributed by atoms with Crippen molar-refractivity contribution in [3.63, 3.8) is 0 Å². The molecule has 0 bridgehead atoms. The van der Waals surface area contributed by atoms with Gasteiger partial charge in [0.25, 0.3) is 0 Å². The molecule has 2 aromatic rings. The maximum Gasteiger partial charge on any atom is 0.0966 e. The van der Waals surface area contributed by atoms with Crippen molar-refractivity contribution in [1.29, 1.82) is 5.26 Å². The Morgan fingerprint density at radius 2 is 2.29 bits per heavy atom. The van der Waals surface area contributed by atoms with Crippen molar-refractivity contribution < 1.29 is 0 Å². The molecule has 0 unspecified atom stereocenters. The van der Waals surface area contributed by atoms with Gasteiger partial charge < -0.3 is 5.73 Å². The van der Waals surface area contributed by atoms with Crippen molar-refractivity contribution in [3.05, 3.63) is 27.3 Å². The van der Waals surface area contributed by atoms with Crippen molar-refractivity contribution in [2.75, 3.05) is 0 Å². The number of rotatable bonds is 1. The van der Waals surface area contributed by atoms with E-state index in [0.717, 1.165) is 4.88 Å². The molecule has 0 aliphatic carbocycles. The molecule has 0 radical (unpaired) electrons. The largest absolute Gasteiger partial charge is 0.397 e. The Morgan fingerprint density at radius 1 is 1.50 bits per heavy atom. The standard InChI is InChI=1S/C10H8N2S2/c1-6(3-11)10(12)8-2-7-4-13-5-9(7)14-8/h2,4-5H,12H2,1H3/b10-6-. The van der Waals surface area contributed by atoms with Crippen molar-refractivity contribution in [1.82, 2.24) is 0 Å². The average Bonchev–Trinajstić information content (AvgIpc) is 2.74. The van der Waals surface area contributed by atoms with E-state index in [1.54, 1.807) is 29.6 Å². The number of hydrogen-bond donors (Lipinski definition) is 1. The van der Waals surface area contributed by atoms with Crippen molar-refractivity contribution >= 4 is 38.5 Å². The summed E-state index contributed by atoms with van der Waals surface area (Å²) in [7, 11) is 0. The van der Waals surface area contributed by atoms with Gasteiger partial charge in [0.1, 0.15) is 0 Å². The second kappa shape index (κ2) is 3.45. The van der Waals surface area contributed by atoms with E-state index in [0.29, 0.717) is 11.3 Å². The Labute approximate surface area is 89.9 Å². The Balaban J connectivity index is 2.56. The molecule has 2 rings (SSSR count). The van der Waals surface area contributed by atoms with Gasteiger partial charge in [0.05, 0.1) is 22.2 Å². The van der Waals surface area contributed by atoms with Crippen LogP contribution in [0.15, 0.2) is 22.4 Å². The van der Waals surface area contributed by atoms with Crippen LogP contribution in [0.2, 0.25) is 0 Å². The van der Waals surface area contributed by atoms with Crippen LogP contribution in [0.25, 0.3) is 15.8 Å². The summed E-state index contributed by atoms with van der Waals surface area (Å²) in [4.78, 5) is 0.988. The molecule has 4 heteroatoms. The highest BCUT2D eigenvalue weighted by Gasteiger charge is 2.06. The predicted octanol–water partition coefficient (Wildman–Crippen LogP) is 3.18. The second-order valence-electron chi connectivity index (χ2n) is 2.95. The second-order valence-corrected chi connectivity index (χ2v) is 4.78. The molecular formula is C10H8N2S2. The highest BCUT2D eigenvalue weighted by atomic mass is 32.1. The summed E-state index contributed by atoms with van der Waals surface area (Å²) >= 11 is 3.31. The third-order valence-corrected chi connectivity index (χ3v) is 4.04. The number of hydrogen-bond acceptors (Lipinski definition) is 4. The molecule has 0 spiro atoms. The molecule has 2 aromatic heterocycles. The van der Waals surface area contributed by atoms with E-state index in [-0.39, 0.29) is 0 Å². The Kier molecular flexibility index (Phi) is 2.28. The molecule has 2 nitrogen and oxygen atoms in total. The van der Waals surface area contributed by atoms with Crippen LogP contribution < -0.4 is 5.73 Å². The zero-order valence-electron chi connectivity index (χ0n) is 7.57. The normalized spacial score (nSPS) is 12.6. The molecule has 0 aliphatic heterocycles. The zero-order chi connectivity index (χ0) is 10.1. The van der Waals surface area contributed by atoms with E-state index >= 15 is 0 Å². The lowest BCUT2D eigenvalue weighted by Gasteiger charge is -1.96. The molecule has 0 fully saturated rings. The van der Waals surface area contributed by atoms with Crippen LogP contribution in [0.4, 0.5) is 0 Å². The summed E-state index contributed by atoms with van der Waals surface area (Å²) in [5.74, 6) is 0. The van der Waals surface area contributed by atoms with Gasteiger partial charge in [-0.15, -0.1) is 11.3 Å². The SMILES string of the molecule is C/C(C#N)=C(/N)c1cc2cscc2s1. The number of nitrogens with two attached hydrogens (primary N) is 1. The number of thiophene rings is 2. The van der Waals surface area contributed by atoms with Gasteiger partial charge in [0, 0.05) is 15.5 Å². The van der Waals surface area contributed by atoms with Crippen LogP contribution in [0, 0.1) is 11.3 Å². The van der Waals surface area contributed by atoms with E-state index in [2.05, 4.69) is 16.8 Å². The van der Waals surface area contributed by atoms with Gasteiger partial charge in [-0.05, 0) is 18.4 Å². The van der Waals surface area contributed by atoms with Crippen LogP contribution in [-0.4, -0.2) is 0 Å². The highest BCUT2D eigenvalue weighted by Crippen LogP contribution is 2.31. The number of fused-ring (bicyclic) bond motifs is 1. The summed E-state index contributed by atoms with van der Waals surface area (Å²) in [6, 6.07) is 4.10. The fourth-order valence-corrected chi connectivity index (χ4v) is 3.17. The first-order chi connectivity index (χ1) is 6.72. The quantitative estimate of drug-likeness (QED) is 0.750. The Morgan fingerprint density at radius 3 is 2.93 bits per heavy atom. The van der Waals surface area contributed by atoms with Crippen LogP contribution in [0.1, 0.15) is 11.8 Å². The summed E-state index contributed by atoms with van der Waals surface area (Å²) in [5, 5.41) is 14.1. The maximum atomic E-state index is 8.71. The van der Waals surface area contributed by atoms with Crippen LogP contribution in [0.5, 0.6) is 0 Å². The van der Waals surface area contributed by atoms with E-state index in [1.165, 1.54) is 10.1 Å². The minimum atomic E-state index is 0.581. The fourth-order valence-electron chi connectivity index (χ4n) is 1.15. The summed E-state index contributed by atoms with van der Waals surface area (Å²) in [6.45, 7) is 1.74. The third kappa shape index (κ3) is 1.41. The Bertz CT molecular complexity index is 511. The van der Waals surface area contributed by atoms with Crippen molar-refractivity contribution in [3.8, 4) is 6.07 Å². The van der Waals surface area contributed by atoms with Crippen molar-refractivity contribution in [2.45, 2.75) is 6.92 Å². The highest BCUT2D eigenvalue weighted by molar-refractivity contribution is 7.23. The smallest absolute Gasteiger partial charge is 0.0966 e. The topological polar surface area (TPSA) is 49.8 Å². The van der Waals surface area contributed by atoms with E-state index in [4.69, 9.17) is 11.0 Å². The predicted molar refractivity (Wildman–Crippen MR) is 62.1 cm³/mol. The van der Waals surface area contributed by atoms with Gasteiger partial charge in [-0.25, -0.2) is 0 Å². The molecule has 0 aliphatic rings. The lowest BCUT2D eigenvalue weighted by atomic mass is 10.2. The summed E-state index contributed by atoms with van der Waals surface area (Å²) in [6.07, 6.45) is 0. The lowest BCUT2D eigenvalue weighted by molar-refractivity contribution is 1.42. The number of allylic oxidation sites excluding steroid dienone is 1.